The Bertz CT molecular complexity index is 237. The number of quaternary nitrogens is 1. The highest BCUT2D eigenvalue weighted by atomic mass is 15.2. The molecule has 22 heavy (non-hydrogen) atoms. The zero-order valence-electron chi connectivity index (χ0n) is 15.3. The van der Waals surface area contributed by atoms with Crippen molar-refractivity contribution in [3.8, 4) is 0 Å². The molecule has 1 aliphatic heterocycles. The summed E-state index contributed by atoms with van der Waals surface area (Å²) in [5, 5.41) is 6.25. The van der Waals surface area contributed by atoms with Crippen LogP contribution in [0.1, 0.15) is 104 Å². The molecule has 0 saturated carbocycles. The zero-order chi connectivity index (χ0) is 16.5. The second kappa shape index (κ2) is 16.8. The second-order valence-electron chi connectivity index (χ2n) is 6.94. The van der Waals surface area contributed by atoms with Crippen LogP contribution in [0.15, 0.2) is 0 Å². The Morgan fingerprint density at radius 2 is 1.36 bits per heavy atom. The van der Waals surface area contributed by atoms with Crippen LogP contribution in [0.2, 0.25) is 0 Å². The van der Waals surface area contributed by atoms with E-state index in [1.807, 2.05) is 4.90 Å². The lowest BCUT2D eigenvalue weighted by atomic mass is 9.99. The third-order valence-corrected chi connectivity index (χ3v) is 5.22. The van der Waals surface area contributed by atoms with Crippen LogP contribution >= 0.6 is 0 Å². The second-order valence-corrected chi connectivity index (χ2v) is 6.94. The predicted octanol–water partition coefficient (Wildman–Crippen LogP) is 4.85. The molecule has 0 aromatic heterocycles. The van der Waals surface area contributed by atoms with E-state index in [1.165, 1.54) is 103 Å². The maximum absolute atomic E-state index is 6.25. The molecule has 1 aliphatic rings. The summed E-state index contributed by atoms with van der Waals surface area (Å²) >= 11 is 0. The highest BCUT2D eigenvalue weighted by molar-refractivity contribution is 4.59. The van der Waals surface area contributed by atoms with Gasteiger partial charge >= 0.3 is 0 Å². The molecule has 0 aromatic carbocycles. The van der Waals surface area contributed by atoms with Crippen molar-refractivity contribution in [3.63, 3.8) is 0 Å². The topological polar surface area (TPSA) is 28.2 Å². The first kappa shape index (κ1) is 21.4. The maximum atomic E-state index is 6.25. The van der Waals surface area contributed by atoms with Gasteiger partial charge in [0, 0.05) is 0 Å². The molecule has 130 valence electrons. The molecule has 2 nitrogen and oxygen atoms in total. The molecule has 0 radical (unpaired) electrons. The highest BCUT2D eigenvalue weighted by Crippen LogP contribution is 2.10. The number of likely N-dealkylation sites (tertiary alicyclic amines) is 1. The lowest BCUT2D eigenvalue weighted by Gasteiger charge is -2.32. The molecule has 1 heterocycles. The fourth-order valence-corrected chi connectivity index (χ4v) is 3.81. The smallest absolute Gasteiger partial charge is 0.0872 e. The fraction of sp³-hybridized carbons (Fsp3) is 0.950. The summed E-state index contributed by atoms with van der Waals surface area (Å²) in [7, 11) is 0. The number of unbranched alkanes of at least 4 members (excludes halogenated alkanes) is 9. The van der Waals surface area contributed by atoms with Crippen LogP contribution in [0, 0.1) is 11.8 Å². The summed E-state index contributed by atoms with van der Waals surface area (Å²) in [5.41, 5.74) is 0. The molecule has 0 aromatic rings. The molecule has 0 spiro atoms. The highest BCUT2D eigenvalue weighted by Gasteiger charge is 2.23. The Morgan fingerprint density at radius 1 is 0.818 bits per heavy atom. The molecule has 2 atom stereocenters. The average molecular weight is 309 g/mol. The van der Waals surface area contributed by atoms with E-state index in [4.69, 9.17) is 11.8 Å². The molecule has 1 fully saturated rings. The number of nitrogens with zero attached hydrogens (tertiary/aromatic N) is 1. The van der Waals surface area contributed by atoms with Crippen molar-refractivity contribution in [1.82, 2.24) is 0 Å². The number of hydrogen-bond donors (Lipinski definition) is 1. The van der Waals surface area contributed by atoms with E-state index in [2.05, 4.69) is 13.8 Å². The van der Waals surface area contributed by atoms with Crippen LogP contribution in [-0.4, -0.2) is 19.1 Å². The average Bonchev–Trinajstić information content (AvgIpc) is 2.58. The van der Waals surface area contributed by atoms with Gasteiger partial charge in [-0.25, -0.2) is 0 Å². The summed E-state index contributed by atoms with van der Waals surface area (Å²) in [5.74, 6) is 0. The molecule has 1 rings (SSSR count). The maximum Gasteiger partial charge on any atom is 0.0872 e. The van der Waals surface area contributed by atoms with E-state index in [-0.39, 0.29) is 0 Å². The minimum absolute atomic E-state index is 0.988. The Kier molecular flexibility index (Phi) is 16.4. The predicted molar refractivity (Wildman–Crippen MR) is 95.4 cm³/mol. The third-order valence-electron chi connectivity index (χ3n) is 5.22. The van der Waals surface area contributed by atoms with Crippen LogP contribution in [0.4, 0.5) is 0 Å². The van der Waals surface area contributed by atoms with Crippen LogP contribution in [-0.2, 0) is 0 Å². The summed E-state index contributed by atoms with van der Waals surface area (Å²) < 4.78 is 0. The van der Waals surface area contributed by atoms with Gasteiger partial charge in [-0.3, -0.25) is 0 Å². The minimum Gasteiger partial charge on any atom is -0.512 e. The van der Waals surface area contributed by atoms with Crippen molar-refractivity contribution in [2.45, 2.75) is 110 Å². The van der Waals surface area contributed by atoms with Crippen molar-refractivity contribution in [1.29, 1.82) is 5.26 Å². The third kappa shape index (κ3) is 11.1. The molecule has 1 saturated heterocycles. The van der Waals surface area contributed by atoms with Gasteiger partial charge in [-0.1, -0.05) is 65.2 Å². The van der Waals surface area contributed by atoms with E-state index in [0.717, 1.165) is 6.04 Å². The zero-order valence-corrected chi connectivity index (χ0v) is 15.3. The summed E-state index contributed by atoms with van der Waals surface area (Å²) in [6.07, 6.45) is 20.5. The largest absolute Gasteiger partial charge is 0.512 e. The molecule has 2 heteroatoms. The summed E-state index contributed by atoms with van der Waals surface area (Å²) in [4.78, 5) is 1.93. The van der Waals surface area contributed by atoms with E-state index in [9.17, 15) is 0 Å². The van der Waals surface area contributed by atoms with Gasteiger partial charge in [0.25, 0.3) is 0 Å². The van der Waals surface area contributed by atoms with Crippen LogP contribution in [0.25, 0.3) is 0 Å². The first-order chi connectivity index (χ1) is 10.9. The van der Waals surface area contributed by atoms with Crippen molar-refractivity contribution in [2.24, 2.45) is 0 Å². The van der Waals surface area contributed by atoms with Crippen LogP contribution in [0.5, 0.6) is 0 Å². The number of nitrogens with one attached hydrogen (secondary N) is 1. The number of piperidine rings is 1. The van der Waals surface area contributed by atoms with Crippen molar-refractivity contribution in [3.05, 3.63) is 6.57 Å². The van der Waals surface area contributed by atoms with Gasteiger partial charge in [-0.2, -0.15) is 0 Å². The molecule has 2 unspecified atom stereocenters. The summed E-state index contributed by atoms with van der Waals surface area (Å²) in [6, 6.07) is 0.988. The molecular weight excluding hydrogens is 268 g/mol. The summed E-state index contributed by atoms with van der Waals surface area (Å²) in [6.45, 7) is 12.3. The normalized spacial score (nSPS) is 21.1. The molecular formula is C20H40N2. The van der Waals surface area contributed by atoms with Gasteiger partial charge in [0.05, 0.1) is 19.1 Å². The first-order valence-electron chi connectivity index (χ1n) is 9.95. The quantitative estimate of drug-likeness (QED) is 0.405. The molecule has 1 N–H and O–H groups in total. The Hall–Kier alpha value is -0.550. The standard InChI is InChI=1S/C19H39N.CN/c1-3-5-6-7-8-9-10-11-12-14-17-20-18-15-13-16-19(20)4-2;1-2/h19H,3-18H2,1-2H3;/q;-1/p+1. The monoisotopic (exact) mass is 308 g/mol. The Balaban J connectivity index is 0.00000211. The van der Waals surface area contributed by atoms with E-state index < -0.39 is 0 Å². The van der Waals surface area contributed by atoms with E-state index >= 15 is 0 Å². The number of rotatable bonds is 12. The van der Waals surface area contributed by atoms with Gasteiger partial charge in [0.15, 0.2) is 0 Å². The van der Waals surface area contributed by atoms with Gasteiger partial charge in [0.1, 0.15) is 0 Å². The molecule has 0 aliphatic carbocycles. The lowest BCUT2D eigenvalue weighted by molar-refractivity contribution is -0.931. The van der Waals surface area contributed by atoms with Crippen LogP contribution in [0.3, 0.4) is 0 Å². The van der Waals surface area contributed by atoms with Crippen LogP contribution < -0.4 is 4.90 Å². The lowest BCUT2D eigenvalue weighted by Crippen LogP contribution is -3.16. The van der Waals surface area contributed by atoms with Gasteiger partial charge < -0.3 is 16.7 Å². The minimum atomic E-state index is 0.988. The Morgan fingerprint density at radius 3 is 1.91 bits per heavy atom. The van der Waals surface area contributed by atoms with Gasteiger partial charge in [-0.05, 0) is 38.5 Å². The van der Waals surface area contributed by atoms with E-state index in [1.54, 1.807) is 0 Å². The first-order valence-corrected chi connectivity index (χ1v) is 9.95. The van der Waals surface area contributed by atoms with Gasteiger partial charge in [-0.15, -0.1) is 0 Å². The SMILES string of the molecule is CCCCCCCCCCCC[NH+]1CCCCC1CC.[C-]#N. The van der Waals surface area contributed by atoms with Crippen molar-refractivity contribution >= 4 is 0 Å². The Labute approximate surface area is 140 Å². The molecule has 0 bridgehead atoms. The number of hydrogen-bond acceptors (Lipinski definition) is 1. The van der Waals surface area contributed by atoms with Crippen molar-refractivity contribution < 1.29 is 4.90 Å². The fourth-order valence-electron chi connectivity index (χ4n) is 3.81. The van der Waals surface area contributed by atoms with Gasteiger partial charge in [0.2, 0.25) is 0 Å². The van der Waals surface area contributed by atoms with E-state index in [0.29, 0.717) is 0 Å². The van der Waals surface area contributed by atoms with Crippen molar-refractivity contribution in [2.75, 3.05) is 13.1 Å². The molecule has 0 amide bonds.